The number of hydrogen-bond acceptors (Lipinski definition) is 2. The summed E-state index contributed by atoms with van der Waals surface area (Å²) in [6.07, 6.45) is 1.36. The monoisotopic (exact) mass is 191 g/mol. The quantitative estimate of drug-likeness (QED) is 0.714. The SMILES string of the molecule is CC(C)COC([C]=O)c1ccccc1. The largest absolute Gasteiger partial charge is 0.365 e. The molecule has 0 aliphatic carbocycles. The summed E-state index contributed by atoms with van der Waals surface area (Å²) >= 11 is 0. The van der Waals surface area contributed by atoms with Crippen molar-refractivity contribution in [3.8, 4) is 0 Å². The van der Waals surface area contributed by atoms with Gasteiger partial charge in [0, 0.05) is 0 Å². The van der Waals surface area contributed by atoms with Crippen LogP contribution in [-0.4, -0.2) is 12.9 Å². The Morgan fingerprint density at radius 3 is 2.43 bits per heavy atom. The molecule has 1 rings (SSSR count). The number of benzene rings is 1. The van der Waals surface area contributed by atoms with Crippen molar-refractivity contribution in [2.45, 2.75) is 20.0 Å². The summed E-state index contributed by atoms with van der Waals surface area (Å²) < 4.78 is 5.42. The van der Waals surface area contributed by atoms with Gasteiger partial charge in [-0.2, -0.15) is 0 Å². The molecule has 0 fully saturated rings. The summed E-state index contributed by atoms with van der Waals surface area (Å²) in [6, 6.07) is 9.43. The van der Waals surface area contributed by atoms with Crippen molar-refractivity contribution < 1.29 is 9.53 Å². The van der Waals surface area contributed by atoms with Gasteiger partial charge in [-0.1, -0.05) is 44.2 Å². The first-order valence-corrected chi connectivity index (χ1v) is 4.78. The van der Waals surface area contributed by atoms with Crippen LogP contribution < -0.4 is 0 Å². The minimum Gasteiger partial charge on any atom is -0.365 e. The third kappa shape index (κ3) is 3.30. The minimum atomic E-state index is -0.543. The van der Waals surface area contributed by atoms with Crippen LogP contribution in [0.4, 0.5) is 0 Å². The summed E-state index contributed by atoms with van der Waals surface area (Å²) in [4.78, 5) is 10.7. The van der Waals surface area contributed by atoms with E-state index in [1.54, 1.807) is 0 Å². The van der Waals surface area contributed by atoms with Gasteiger partial charge < -0.3 is 4.74 Å². The molecule has 0 saturated carbocycles. The molecule has 75 valence electrons. The normalized spacial score (nSPS) is 12.8. The molecule has 0 saturated heterocycles. The highest BCUT2D eigenvalue weighted by Gasteiger charge is 2.11. The molecule has 14 heavy (non-hydrogen) atoms. The van der Waals surface area contributed by atoms with Crippen LogP contribution in [0.3, 0.4) is 0 Å². The van der Waals surface area contributed by atoms with Crippen LogP contribution in [0.5, 0.6) is 0 Å². The molecule has 1 radical (unpaired) electrons. The zero-order valence-electron chi connectivity index (χ0n) is 8.57. The smallest absolute Gasteiger partial charge is 0.234 e. The standard InChI is InChI=1S/C12H15O2/c1-10(2)9-14-12(8-13)11-6-4-3-5-7-11/h3-7,10,12H,9H2,1-2H3. The maximum atomic E-state index is 10.7. The van der Waals surface area contributed by atoms with Gasteiger partial charge in [0.2, 0.25) is 6.29 Å². The summed E-state index contributed by atoms with van der Waals surface area (Å²) in [7, 11) is 0. The molecule has 0 bridgehead atoms. The highest BCUT2D eigenvalue weighted by molar-refractivity contribution is 5.60. The van der Waals surface area contributed by atoms with E-state index in [0.717, 1.165) is 5.56 Å². The zero-order valence-corrected chi connectivity index (χ0v) is 8.57. The van der Waals surface area contributed by atoms with Crippen molar-refractivity contribution in [3.63, 3.8) is 0 Å². The average molecular weight is 191 g/mol. The van der Waals surface area contributed by atoms with E-state index in [-0.39, 0.29) is 0 Å². The van der Waals surface area contributed by atoms with Crippen molar-refractivity contribution in [2.75, 3.05) is 6.61 Å². The van der Waals surface area contributed by atoms with Gasteiger partial charge in [0.15, 0.2) is 0 Å². The van der Waals surface area contributed by atoms with Crippen molar-refractivity contribution in [2.24, 2.45) is 5.92 Å². The molecule has 0 heterocycles. The van der Waals surface area contributed by atoms with Crippen LogP contribution in [-0.2, 0) is 9.53 Å². The molecule has 1 aromatic carbocycles. The Hall–Kier alpha value is -1.15. The number of hydrogen-bond donors (Lipinski definition) is 0. The molecule has 0 spiro atoms. The van der Waals surface area contributed by atoms with E-state index < -0.39 is 6.10 Å². The maximum absolute atomic E-state index is 10.7. The highest BCUT2D eigenvalue weighted by Crippen LogP contribution is 2.15. The lowest BCUT2D eigenvalue weighted by Gasteiger charge is -2.12. The summed E-state index contributed by atoms with van der Waals surface area (Å²) in [6.45, 7) is 4.68. The Balaban J connectivity index is 2.59. The van der Waals surface area contributed by atoms with E-state index in [0.29, 0.717) is 12.5 Å². The average Bonchev–Trinajstić information content (AvgIpc) is 2.20. The molecule has 2 heteroatoms. The molecule has 2 nitrogen and oxygen atoms in total. The fourth-order valence-corrected chi connectivity index (χ4v) is 1.11. The molecule has 1 aromatic rings. The second-order valence-corrected chi connectivity index (χ2v) is 3.64. The van der Waals surface area contributed by atoms with Crippen LogP contribution in [0.2, 0.25) is 0 Å². The van der Waals surface area contributed by atoms with Crippen LogP contribution in [0.1, 0.15) is 25.5 Å². The van der Waals surface area contributed by atoms with Gasteiger partial charge in [-0.05, 0) is 11.5 Å². The molecule has 0 aliphatic rings. The van der Waals surface area contributed by atoms with Crippen LogP contribution in [0.25, 0.3) is 0 Å². The van der Waals surface area contributed by atoms with Gasteiger partial charge in [0.25, 0.3) is 0 Å². The second kappa shape index (κ2) is 5.55. The first-order valence-electron chi connectivity index (χ1n) is 4.78. The molecule has 0 amide bonds. The van der Waals surface area contributed by atoms with Crippen LogP contribution in [0.15, 0.2) is 30.3 Å². The van der Waals surface area contributed by atoms with E-state index in [2.05, 4.69) is 0 Å². The lowest BCUT2D eigenvalue weighted by molar-refractivity contribution is 0.0747. The van der Waals surface area contributed by atoms with Crippen molar-refractivity contribution in [3.05, 3.63) is 35.9 Å². The fraction of sp³-hybridized carbons (Fsp3) is 0.417. The fourth-order valence-electron chi connectivity index (χ4n) is 1.11. The molecule has 0 aliphatic heterocycles. The van der Waals surface area contributed by atoms with E-state index in [1.165, 1.54) is 0 Å². The maximum Gasteiger partial charge on any atom is 0.234 e. The lowest BCUT2D eigenvalue weighted by Crippen LogP contribution is -2.10. The van der Waals surface area contributed by atoms with E-state index in [9.17, 15) is 4.79 Å². The second-order valence-electron chi connectivity index (χ2n) is 3.64. The summed E-state index contributed by atoms with van der Waals surface area (Å²) in [5.74, 6) is 0.426. The lowest BCUT2D eigenvalue weighted by atomic mass is 10.1. The summed E-state index contributed by atoms with van der Waals surface area (Å²) in [5, 5.41) is 0. The highest BCUT2D eigenvalue weighted by atomic mass is 16.5. The summed E-state index contributed by atoms with van der Waals surface area (Å²) in [5.41, 5.74) is 0.864. The molecular formula is C12H15O2. The Morgan fingerprint density at radius 2 is 1.93 bits per heavy atom. The van der Waals surface area contributed by atoms with Gasteiger partial charge in [-0.25, -0.2) is 0 Å². The molecule has 1 atom stereocenters. The first-order chi connectivity index (χ1) is 6.74. The number of rotatable bonds is 5. The molecule has 1 unspecified atom stereocenters. The van der Waals surface area contributed by atoms with Gasteiger partial charge in [-0.15, -0.1) is 0 Å². The Labute approximate surface area is 84.9 Å². The van der Waals surface area contributed by atoms with Crippen molar-refractivity contribution >= 4 is 6.29 Å². The Morgan fingerprint density at radius 1 is 1.29 bits per heavy atom. The van der Waals surface area contributed by atoms with E-state index in [1.807, 2.05) is 50.5 Å². The van der Waals surface area contributed by atoms with E-state index in [4.69, 9.17) is 4.74 Å². The Bertz CT molecular complexity index is 267. The van der Waals surface area contributed by atoms with Crippen LogP contribution in [0, 0.1) is 5.92 Å². The van der Waals surface area contributed by atoms with Gasteiger partial charge in [0.05, 0.1) is 6.61 Å². The first kappa shape index (κ1) is 10.9. The third-order valence-electron chi connectivity index (χ3n) is 1.81. The van der Waals surface area contributed by atoms with E-state index >= 15 is 0 Å². The van der Waals surface area contributed by atoms with Crippen LogP contribution >= 0.6 is 0 Å². The predicted octanol–water partition coefficient (Wildman–Crippen LogP) is 2.51. The minimum absolute atomic E-state index is 0.426. The molecular weight excluding hydrogens is 176 g/mol. The topological polar surface area (TPSA) is 26.3 Å². The third-order valence-corrected chi connectivity index (χ3v) is 1.81. The molecule has 0 N–H and O–H groups in total. The predicted molar refractivity (Wildman–Crippen MR) is 55.7 cm³/mol. The number of ether oxygens (including phenoxy) is 1. The van der Waals surface area contributed by atoms with Crippen molar-refractivity contribution in [1.82, 2.24) is 0 Å². The van der Waals surface area contributed by atoms with Crippen molar-refractivity contribution in [1.29, 1.82) is 0 Å². The number of carbonyl (C=O) groups excluding carboxylic acids is 1. The van der Waals surface area contributed by atoms with Gasteiger partial charge in [-0.3, -0.25) is 4.79 Å². The molecule has 0 aromatic heterocycles. The Kier molecular flexibility index (Phi) is 4.33. The van der Waals surface area contributed by atoms with Gasteiger partial charge in [0.1, 0.15) is 6.10 Å². The van der Waals surface area contributed by atoms with Gasteiger partial charge >= 0.3 is 0 Å². The zero-order chi connectivity index (χ0) is 10.4.